The third kappa shape index (κ3) is 3.95. The Hall–Kier alpha value is -2.63. The molecule has 1 aromatic carbocycles. The van der Waals surface area contributed by atoms with Gasteiger partial charge in [-0.15, -0.1) is 0 Å². The fraction of sp³-hybridized carbons (Fsp3) is 0.450. The minimum atomic E-state index is -0.0784. The van der Waals surface area contributed by atoms with Gasteiger partial charge >= 0.3 is 0 Å². The molecular formula is C20H25N3O3. The van der Waals surface area contributed by atoms with Crippen molar-refractivity contribution < 1.29 is 14.1 Å². The molecule has 1 fully saturated rings. The van der Waals surface area contributed by atoms with Gasteiger partial charge in [-0.2, -0.15) is 0 Å². The van der Waals surface area contributed by atoms with Gasteiger partial charge in [0.05, 0.1) is 6.20 Å². The monoisotopic (exact) mass is 355 g/mol. The summed E-state index contributed by atoms with van der Waals surface area (Å²) in [5.74, 6) is 0.818. The molecular weight excluding hydrogens is 330 g/mol. The number of anilines is 1. The van der Waals surface area contributed by atoms with E-state index in [-0.39, 0.29) is 17.7 Å². The van der Waals surface area contributed by atoms with Crippen LogP contribution in [0.5, 0.6) is 0 Å². The first-order valence-electron chi connectivity index (χ1n) is 9.07. The van der Waals surface area contributed by atoms with Gasteiger partial charge in [-0.1, -0.05) is 31.1 Å². The molecule has 6 nitrogen and oxygen atoms in total. The van der Waals surface area contributed by atoms with E-state index in [4.69, 9.17) is 4.52 Å². The van der Waals surface area contributed by atoms with E-state index in [0.717, 1.165) is 5.69 Å². The Labute approximate surface area is 153 Å². The van der Waals surface area contributed by atoms with E-state index in [1.807, 2.05) is 18.2 Å². The maximum atomic E-state index is 12.6. The number of benzene rings is 1. The highest BCUT2D eigenvalue weighted by Gasteiger charge is 2.29. The largest absolute Gasteiger partial charge is 0.361 e. The highest BCUT2D eigenvalue weighted by molar-refractivity contribution is 5.95. The van der Waals surface area contributed by atoms with Crippen LogP contribution in [0.2, 0.25) is 0 Å². The second kappa shape index (κ2) is 7.72. The summed E-state index contributed by atoms with van der Waals surface area (Å²) in [5.41, 5.74) is 2.53. The number of hydrogen-bond acceptors (Lipinski definition) is 4. The molecule has 1 aliphatic heterocycles. The minimum absolute atomic E-state index is 0.0270. The number of carbonyl (C=O) groups excluding carboxylic acids is 2. The zero-order valence-electron chi connectivity index (χ0n) is 15.5. The van der Waals surface area contributed by atoms with Crippen LogP contribution in [0.4, 0.5) is 5.69 Å². The molecule has 3 rings (SSSR count). The first-order valence-corrected chi connectivity index (χ1v) is 9.07. The molecule has 138 valence electrons. The van der Waals surface area contributed by atoms with E-state index >= 15 is 0 Å². The lowest BCUT2D eigenvalue weighted by atomic mass is 9.95. The molecule has 0 bridgehead atoms. The summed E-state index contributed by atoms with van der Waals surface area (Å²) < 4.78 is 4.97. The van der Waals surface area contributed by atoms with Gasteiger partial charge in [0.15, 0.2) is 0 Å². The van der Waals surface area contributed by atoms with E-state index in [2.05, 4.69) is 30.4 Å². The van der Waals surface area contributed by atoms with E-state index in [1.165, 1.54) is 11.8 Å². The summed E-state index contributed by atoms with van der Waals surface area (Å²) in [4.78, 5) is 26.8. The molecule has 0 atom stereocenters. The van der Waals surface area contributed by atoms with Crippen LogP contribution < -0.4 is 5.32 Å². The Bertz CT molecular complexity index is 789. The van der Waals surface area contributed by atoms with E-state index in [1.54, 1.807) is 11.8 Å². The second-order valence-corrected chi connectivity index (χ2v) is 7.13. The maximum Gasteiger partial charge on any atom is 0.259 e. The molecule has 1 saturated heterocycles. The number of nitrogens with one attached hydrogen (secondary N) is 1. The van der Waals surface area contributed by atoms with Crippen molar-refractivity contribution in [3.05, 3.63) is 47.3 Å². The summed E-state index contributed by atoms with van der Waals surface area (Å²) in [5, 5.41) is 6.68. The lowest BCUT2D eigenvalue weighted by Gasteiger charge is -2.31. The molecule has 2 heterocycles. The quantitative estimate of drug-likeness (QED) is 0.909. The molecule has 1 aliphatic rings. The molecule has 0 unspecified atom stereocenters. The third-order valence-electron chi connectivity index (χ3n) is 4.95. The van der Waals surface area contributed by atoms with Crippen LogP contribution in [-0.4, -0.2) is 35.0 Å². The van der Waals surface area contributed by atoms with Gasteiger partial charge in [-0.05, 0) is 43.4 Å². The van der Waals surface area contributed by atoms with Crippen molar-refractivity contribution in [2.24, 2.45) is 5.92 Å². The SMILES string of the molecule is Cc1oncc1C(=O)N1CCC(C(=O)Nc2cccc(C(C)C)c2)CC1. The fourth-order valence-electron chi connectivity index (χ4n) is 3.24. The van der Waals surface area contributed by atoms with E-state index < -0.39 is 0 Å². The molecule has 1 N–H and O–H groups in total. The normalized spacial score (nSPS) is 15.3. The standard InChI is InChI=1S/C20H25N3O3/c1-13(2)16-5-4-6-17(11-16)22-19(24)15-7-9-23(10-8-15)20(25)18-12-21-26-14(18)3/h4-6,11-13,15H,7-10H2,1-3H3,(H,22,24). The number of nitrogens with zero attached hydrogens (tertiary/aromatic N) is 2. The van der Waals surface area contributed by atoms with Crippen molar-refractivity contribution in [3.8, 4) is 0 Å². The minimum Gasteiger partial charge on any atom is -0.361 e. The number of aromatic nitrogens is 1. The van der Waals surface area contributed by atoms with Crippen molar-refractivity contribution in [2.75, 3.05) is 18.4 Å². The van der Waals surface area contributed by atoms with Gasteiger partial charge in [0.2, 0.25) is 5.91 Å². The average molecular weight is 355 g/mol. The highest BCUT2D eigenvalue weighted by Crippen LogP contribution is 2.23. The van der Waals surface area contributed by atoms with Gasteiger partial charge < -0.3 is 14.7 Å². The van der Waals surface area contributed by atoms with Crippen molar-refractivity contribution >= 4 is 17.5 Å². The zero-order valence-corrected chi connectivity index (χ0v) is 15.5. The Balaban J connectivity index is 1.56. The van der Waals surface area contributed by atoms with Crippen LogP contribution in [0.15, 0.2) is 35.0 Å². The molecule has 6 heteroatoms. The van der Waals surface area contributed by atoms with Crippen LogP contribution in [0.1, 0.15) is 54.3 Å². The lowest BCUT2D eigenvalue weighted by Crippen LogP contribution is -2.41. The molecule has 26 heavy (non-hydrogen) atoms. The first kappa shape index (κ1) is 18.2. The molecule has 0 spiro atoms. The number of rotatable bonds is 4. The van der Waals surface area contributed by atoms with Crippen molar-refractivity contribution in [1.82, 2.24) is 10.1 Å². The topological polar surface area (TPSA) is 75.4 Å². The molecule has 0 radical (unpaired) electrons. The molecule has 2 aromatic rings. The van der Waals surface area contributed by atoms with Gasteiger partial charge in [0.1, 0.15) is 11.3 Å². The summed E-state index contributed by atoms with van der Waals surface area (Å²) in [6.07, 6.45) is 2.77. The van der Waals surface area contributed by atoms with Crippen LogP contribution in [-0.2, 0) is 4.79 Å². The number of amides is 2. The van der Waals surface area contributed by atoms with Gasteiger partial charge in [-0.3, -0.25) is 9.59 Å². The van der Waals surface area contributed by atoms with Crippen molar-refractivity contribution in [3.63, 3.8) is 0 Å². The maximum absolute atomic E-state index is 12.6. The molecule has 0 saturated carbocycles. The smallest absolute Gasteiger partial charge is 0.259 e. The van der Waals surface area contributed by atoms with Crippen LogP contribution >= 0.6 is 0 Å². The first-order chi connectivity index (χ1) is 12.5. The predicted molar refractivity (Wildman–Crippen MR) is 99.0 cm³/mol. The molecule has 2 amide bonds. The summed E-state index contributed by atoms with van der Waals surface area (Å²) in [6, 6.07) is 7.97. The van der Waals surface area contributed by atoms with Crippen LogP contribution in [0, 0.1) is 12.8 Å². The predicted octanol–water partition coefficient (Wildman–Crippen LogP) is 3.60. The Morgan fingerprint density at radius 3 is 2.62 bits per heavy atom. The molecule has 0 aliphatic carbocycles. The van der Waals surface area contributed by atoms with Gasteiger partial charge in [0, 0.05) is 24.7 Å². The van der Waals surface area contributed by atoms with Crippen molar-refractivity contribution in [1.29, 1.82) is 0 Å². The van der Waals surface area contributed by atoms with Crippen molar-refractivity contribution in [2.45, 2.75) is 39.5 Å². The van der Waals surface area contributed by atoms with Gasteiger partial charge in [-0.25, -0.2) is 0 Å². The second-order valence-electron chi connectivity index (χ2n) is 7.13. The van der Waals surface area contributed by atoms with E-state index in [9.17, 15) is 9.59 Å². The van der Waals surface area contributed by atoms with Crippen LogP contribution in [0.25, 0.3) is 0 Å². The summed E-state index contributed by atoms with van der Waals surface area (Å²) in [6.45, 7) is 7.11. The fourth-order valence-corrected chi connectivity index (χ4v) is 3.24. The summed E-state index contributed by atoms with van der Waals surface area (Å²) in [7, 11) is 0. The average Bonchev–Trinajstić information content (AvgIpc) is 3.07. The number of hydrogen-bond donors (Lipinski definition) is 1. The third-order valence-corrected chi connectivity index (χ3v) is 4.95. The number of carbonyl (C=O) groups is 2. The highest BCUT2D eigenvalue weighted by atomic mass is 16.5. The number of aryl methyl sites for hydroxylation is 1. The number of likely N-dealkylation sites (tertiary alicyclic amines) is 1. The lowest BCUT2D eigenvalue weighted by molar-refractivity contribution is -0.121. The Morgan fingerprint density at radius 2 is 2.00 bits per heavy atom. The summed E-state index contributed by atoms with van der Waals surface area (Å²) >= 11 is 0. The Morgan fingerprint density at radius 1 is 1.27 bits per heavy atom. The van der Waals surface area contributed by atoms with Crippen LogP contribution in [0.3, 0.4) is 0 Å². The molecule has 1 aromatic heterocycles. The Kier molecular flexibility index (Phi) is 5.40. The van der Waals surface area contributed by atoms with E-state index in [0.29, 0.717) is 43.2 Å². The number of piperidine rings is 1. The zero-order chi connectivity index (χ0) is 18.7. The van der Waals surface area contributed by atoms with Gasteiger partial charge in [0.25, 0.3) is 5.91 Å².